The Morgan fingerprint density at radius 2 is 1.83 bits per heavy atom. The molecule has 6 nitrogen and oxygen atoms in total. The molecule has 2 heterocycles. The molecule has 0 N–H and O–H groups in total. The number of fused-ring (bicyclic) bond motifs is 1. The van der Waals surface area contributed by atoms with E-state index in [1.54, 1.807) is 18.2 Å². The van der Waals surface area contributed by atoms with E-state index in [-0.39, 0.29) is 5.97 Å². The number of unbranched alkanes of at least 4 members (excludes halogenated alkanes) is 1. The molecule has 0 saturated carbocycles. The lowest BCUT2D eigenvalue weighted by molar-refractivity contribution is 0.0348. The van der Waals surface area contributed by atoms with E-state index in [9.17, 15) is 4.79 Å². The molecule has 0 amide bonds. The fraction of sp³-hybridized carbons (Fsp3) is 0.588. The van der Waals surface area contributed by atoms with Gasteiger partial charge in [0.25, 0.3) is 0 Å². The monoisotopic (exact) mass is 321 g/mol. The summed E-state index contributed by atoms with van der Waals surface area (Å²) >= 11 is 0. The molecule has 0 atom stereocenters. The van der Waals surface area contributed by atoms with Gasteiger partial charge in [0.1, 0.15) is 13.2 Å². The minimum Gasteiger partial charge on any atom is -0.486 e. The number of esters is 1. The molecule has 3 rings (SSSR count). The second-order valence-electron chi connectivity index (χ2n) is 5.66. The molecular formula is C17H23NO5. The van der Waals surface area contributed by atoms with Crippen LogP contribution in [0.2, 0.25) is 0 Å². The number of hydrogen-bond donors (Lipinski definition) is 0. The second kappa shape index (κ2) is 8.17. The van der Waals surface area contributed by atoms with Gasteiger partial charge in [0.15, 0.2) is 11.5 Å². The molecule has 0 spiro atoms. The molecule has 1 aromatic rings. The molecule has 1 fully saturated rings. The van der Waals surface area contributed by atoms with Crippen LogP contribution in [0.3, 0.4) is 0 Å². The minimum absolute atomic E-state index is 0.312. The van der Waals surface area contributed by atoms with Gasteiger partial charge in [-0.2, -0.15) is 0 Å². The van der Waals surface area contributed by atoms with Crippen molar-refractivity contribution in [1.29, 1.82) is 0 Å². The predicted molar refractivity (Wildman–Crippen MR) is 84.2 cm³/mol. The van der Waals surface area contributed by atoms with E-state index in [1.807, 2.05) is 0 Å². The van der Waals surface area contributed by atoms with Crippen LogP contribution in [0.25, 0.3) is 0 Å². The number of carbonyl (C=O) groups excluding carboxylic acids is 1. The van der Waals surface area contributed by atoms with Crippen molar-refractivity contribution in [2.24, 2.45) is 0 Å². The van der Waals surface area contributed by atoms with Crippen molar-refractivity contribution in [2.75, 3.05) is 52.7 Å². The highest BCUT2D eigenvalue weighted by Crippen LogP contribution is 2.30. The average Bonchev–Trinajstić information content (AvgIpc) is 2.61. The highest BCUT2D eigenvalue weighted by atomic mass is 16.6. The number of benzene rings is 1. The van der Waals surface area contributed by atoms with Crippen LogP contribution in [0.15, 0.2) is 18.2 Å². The van der Waals surface area contributed by atoms with Gasteiger partial charge in [0.05, 0.1) is 25.4 Å². The Kier molecular flexibility index (Phi) is 5.71. The van der Waals surface area contributed by atoms with Crippen LogP contribution in [0.4, 0.5) is 0 Å². The second-order valence-corrected chi connectivity index (χ2v) is 5.66. The molecule has 0 unspecified atom stereocenters. The summed E-state index contributed by atoms with van der Waals surface area (Å²) in [6.07, 6.45) is 1.89. The van der Waals surface area contributed by atoms with Crippen LogP contribution < -0.4 is 9.47 Å². The van der Waals surface area contributed by atoms with Gasteiger partial charge in [0, 0.05) is 13.1 Å². The molecule has 6 heteroatoms. The zero-order valence-electron chi connectivity index (χ0n) is 13.3. The third-order valence-electron chi connectivity index (χ3n) is 3.98. The van der Waals surface area contributed by atoms with Gasteiger partial charge in [-0.25, -0.2) is 4.79 Å². The van der Waals surface area contributed by atoms with E-state index in [1.165, 1.54) is 0 Å². The fourth-order valence-electron chi connectivity index (χ4n) is 2.68. The van der Waals surface area contributed by atoms with Crippen molar-refractivity contribution in [3.63, 3.8) is 0 Å². The maximum Gasteiger partial charge on any atom is 0.338 e. The molecule has 2 aliphatic heterocycles. The Morgan fingerprint density at radius 3 is 2.65 bits per heavy atom. The van der Waals surface area contributed by atoms with Crippen molar-refractivity contribution in [3.8, 4) is 11.5 Å². The van der Waals surface area contributed by atoms with E-state index in [2.05, 4.69) is 4.90 Å². The van der Waals surface area contributed by atoms with Crippen LogP contribution in [-0.2, 0) is 9.47 Å². The van der Waals surface area contributed by atoms with Crippen molar-refractivity contribution < 1.29 is 23.7 Å². The van der Waals surface area contributed by atoms with Gasteiger partial charge >= 0.3 is 5.97 Å². The van der Waals surface area contributed by atoms with E-state index >= 15 is 0 Å². The third-order valence-corrected chi connectivity index (χ3v) is 3.98. The Hall–Kier alpha value is -1.79. The molecule has 0 aliphatic carbocycles. The van der Waals surface area contributed by atoms with Crippen LogP contribution in [0, 0.1) is 0 Å². The Balaban J connectivity index is 1.37. The first-order valence-electron chi connectivity index (χ1n) is 8.20. The summed E-state index contributed by atoms with van der Waals surface area (Å²) < 4.78 is 21.6. The van der Waals surface area contributed by atoms with Crippen molar-refractivity contribution in [2.45, 2.75) is 12.8 Å². The molecule has 1 aromatic carbocycles. The highest BCUT2D eigenvalue weighted by Gasteiger charge is 2.15. The largest absolute Gasteiger partial charge is 0.486 e. The van der Waals surface area contributed by atoms with Gasteiger partial charge in [-0.1, -0.05) is 0 Å². The number of rotatable bonds is 6. The third kappa shape index (κ3) is 4.59. The molecule has 0 aromatic heterocycles. The Labute approximate surface area is 136 Å². The molecule has 1 saturated heterocycles. The van der Waals surface area contributed by atoms with E-state index in [0.29, 0.717) is 36.9 Å². The van der Waals surface area contributed by atoms with Crippen molar-refractivity contribution >= 4 is 5.97 Å². The molecule has 2 aliphatic rings. The Morgan fingerprint density at radius 1 is 1.04 bits per heavy atom. The lowest BCUT2D eigenvalue weighted by Gasteiger charge is -2.26. The first-order valence-corrected chi connectivity index (χ1v) is 8.20. The maximum absolute atomic E-state index is 12.0. The summed E-state index contributed by atoms with van der Waals surface area (Å²) in [6.45, 7) is 6.15. The first-order chi connectivity index (χ1) is 11.3. The summed E-state index contributed by atoms with van der Waals surface area (Å²) in [5.74, 6) is 0.977. The van der Waals surface area contributed by atoms with Crippen LogP contribution >= 0.6 is 0 Å². The number of ether oxygens (including phenoxy) is 4. The normalized spacial score (nSPS) is 17.7. The number of hydrogen-bond acceptors (Lipinski definition) is 6. The van der Waals surface area contributed by atoms with Crippen molar-refractivity contribution in [3.05, 3.63) is 23.8 Å². The topological polar surface area (TPSA) is 57.2 Å². The lowest BCUT2D eigenvalue weighted by atomic mass is 10.2. The smallest absolute Gasteiger partial charge is 0.338 e. The first kappa shape index (κ1) is 16.1. The van der Waals surface area contributed by atoms with E-state index in [0.717, 1.165) is 45.7 Å². The van der Waals surface area contributed by atoms with Gasteiger partial charge in [0.2, 0.25) is 0 Å². The SMILES string of the molecule is O=C(OCCCCN1CCOCC1)c1ccc2c(c1)OCCO2. The fourth-order valence-corrected chi connectivity index (χ4v) is 2.68. The number of morpholine rings is 1. The standard InChI is InChI=1S/C17H23NO5/c19-17(14-3-4-15-16(13-14)22-12-11-21-15)23-8-2-1-5-18-6-9-20-10-7-18/h3-4,13H,1-2,5-12H2. The predicted octanol–water partition coefficient (Wildman–Crippen LogP) is 1.73. The van der Waals surface area contributed by atoms with Gasteiger partial charge < -0.3 is 18.9 Å². The van der Waals surface area contributed by atoms with E-state index < -0.39 is 0 Å². The Bertz CT molecular complexity index is 528. The van der Waals surface area contributed by atoms with E-state index in [4.69, 9.17) is 18.9 Å². The quantitative estimate of drug-likeness (QED) is 0.587. The molecule has 0 radical (unpaired) electrons. The molecule has 0 bridgehead atoms. The zero-order chi connectivity index (χ0) is 15.9. The molecule has 126 valence electrons. The number of carbonyl (C=O) groups is 1. The van der Waals surface area contributed by atoms with Gasteiger partial charge in [-0.3, -0.25) is 4.90 Å². The number of nitrogens with zero attached hydrogens (tertiary/aromatic N) is 1. The van der Waals surface area contributed by atoms with Gasteiger partial charge in [-0.05, 0) is 37.6 Å². The van der Waals surface area contributed by atoms with Crippen molar-refractivity contribution in [1.82, 2.24) is 4.90 Å². The zero-order valence-corrected chi connectivity index (χ0v) is 13.3. The molecule has 23 heavy (non-hydrogen) atoms. The van der Waals surface area contributed by atoms with Gasteiger partial charge in [-0.15, -0.1) is 0 Å². The minimum atomic E-state index is -0.312. The van der Waals surface area contributed by atoms with Crippen LogP contribution in [0.1, 0.15) is 23.2 Å². The summed E-state index contributed by atoms with van der Waals surface area (Å²) in [7, 11) is 0. The lowest BCUT2D eigenvalue weighted by Crippen LogP contribution is -2.36. The summed E-state index contributed by atoms with van der Waals surface area (Å²) in [6, 6.07) is 5.15. The molecular weight excluding hydrogens is 298 g/mol. The summed E-state index contributed by atoms with van der Waals surface area (Å²) in [4.78, 5) is 14.4. The summed E-state index contributed by atoms with van der Waals surface area (Å²) in [5.41, 5.74) is 0.502. The summed E-state index contributed by atoms with van der Waals surface area (Å²) in [5, 5.41) is 0. The van der Waals surface area contributed by atoms with Crippen LogP contribution in [-0.4, -0.2) is 63.5 Å². The highest BCUT2D eigenvalue weighted by molar-refractivity contribution is 5.90. The average molecular weight is 321 g/mol. The maximum atomic E-state index is 12.0. The van der Waals surface area contributed by atoms with Crippen LogP contribution in [0.5, 0.6) is 11.5 Å².